The van der Waals surface area contributed by atoms with Crippen molar-refractivity contribution in [3.63, 3.8) is 0 Å². The van der Waals surface area contributed by atoms with Crippen LogP contribution in [0.25, 0.3) is 0 Å². The highest BCUT2D eigenvalue weighted by atomic mass is 32.2. The first kappa shape index (κ1) is 15.2. The molecule has 2 fully saturated rings. The van der Waals surface area contributed by atoms with Crippen molar-refractivity contribution in [2.24, 2.45) is 0 Å². The lowest BCUT2D eigenvalue weighted by Crippen LogP contribution is -2.47. The van der Waals surface area contributed by atoms with Gasteiger partial charge in [0, 0.05) is 18.7 Å². The molecule has 0 aromatic heterocycles. The zero-order chi connectivity index (χ0) is 14.5. The summed E-state index contributed by atoms with van der Waals surface area (Å²) in [6, 6.07) is -0.671. The fourth-order valence-corrected chi connectivity index (χ4v) is 3.24. The Hall–Kier alpha value is -1.24. The summed E-state index contributed by atoms with van der Waals surface area (Å²) in [7, 11) is 0. The zero-order valence-corrected chi connectivity index (χ0v) is 12.5. The van der Waals surface area contributed by atoms with Crippen LogP contribution in [0.1, 0.15) is 26.2 Å². The van der Waals surface area contributed by atoms with Gasteiger partial charge in [-0.05, 0) is 6.42 Å². The number of ether oxygens (including phenoxy) is 1. The molecule has 0 saturated carbocycles. The first-order valence-corrected chi connectivity index (χ1v) is 8.10. The molecule has 0 aliphatic carbocycles. The lowest BCUT2D eigenvalue weighted by molar-refractivity contribution is -0.134. The monoisotopic (exact) mass is 300 g/mol. The summed E-state index contributed by atoms with van der Waals surface area (Å²) in [6.45, 7) is 3.01. The van der Waals surface area contributed by atoms with Gasteiger partial charge in [-0.2, -0.15) is 0 Å². The molecule has 2 saturated heterocycles. The van der Waals surface area contributed by atoms with Crippen LogP contribution in [0.3, 0.4) is 0 Å². The topological polar surface area (TPSA) is 66.9 Å². The molecule has 20 heavy (non-hydrogen) atoms. The smallest absolute Gasteiger partial charge is 0.410 e. The van der Waals surface area contributed by atoms with Crippen LogP contribution in [0.5, 0.6) is 0 Å². The van der Waals surface area contributed by atoms with Crippen molar-refractivity contribution in [1.29, 1.82) is 0 Å². The Kier molecular flexibility index (Phi) is 5.28. The minimum Gasteiger partial charge on any atom is -0.449 e. The highest BCUT2D eigenvalue weighted by Crippen LogP contribution is 2.22. The number of thioether (sulfide) groups is 1. The number of hydrogen-bond acceptors (Lipinski definition) is 5. The molecule has 0 aromatic carbocycles. The van der Waals surface area contributed by atoms with Crippen molar-refractivity contribution in [2.45, 2.75) is 32.2 Å². The summed E-state index contributed by atoms with van der Waals surface area (Å²) in [5.74, 6) is 1.34. The van der Waals surface area contributed by atoms with Gasteiger partial charge in [0.15, 0.2) is 5.78 Å². The van der Waals surface area contributed by atoms with E-state index in [4.69, 9.17) is 4.74 Å². The molecule has 0 spiro atoms. The van der Waals surface area contributed by atoms with E-state index in [1.54, 1.807) is 16.7 Å². The summed E-state index contributed by atoms with van der Waals surface area (Å²) in [5, 5.41) is 0. The van der Waals surface area contributed by atoms with E-state index in [-0.39, 0.29) is 24.7 Å². The number of carbonyl (C=O) groups excluding carboxylic acids is 3. The molecule has 0 radical (unpaired) electrons. The maximum Gasteiger partial charge on any atom is 0.410 e. The molecule has 1 atom stereocenters. The molecule has 0 N–H and O–H groups in total. The van der Waals surface area contributed by atoms with Gasteiger partial charge in [0.05, 0.1) is 19.0 Å². The highest BCUT2D eigenvalue weighted by molar-refractivity contribution is 7.99. The number of Topliss-reactive ketones (excluding diaryl/α,β-unsaturated/α-hetero) is 1. The number of nitrogens with zero attached hydrogens (tertiary/aromatic N) is 2. The van der Waals surface area contributed by atoms with Crippen LogP contribution in [0, 0.1) is 0 Å². The predicted molar refractivity (Wildman–Crippen MR) is 75.4 cm³/mol. The largest absolute Gasteiger partial charge is 0.449 e. The lowest BCUT2D eigenvalue weighted by Gasteiger charge is -2.26. The Balaban J connectivity index is 1.96. The molecule has 2 aliphatic heterocycles. The minimum atomic E-state index is -0.671. The van der Waals surface area contributed by atoms with E-state index >= 15 is 0 Å². The van der Waals surface area contributed by atoms with Crippen LogP contribution >= 0.6 is 11.8 Å². The molecule has 112 valence electrons. The SMILES string of the molecule is CCCCOC(=O)N1CC(=O)C[C@H]1C(=O)N1CCSC1. The van der Waals surface area contributed by atoms with Gasteiger partial charge >= 0.3 is 6.09 Å². The molecule has 2 aliphatic rings. The van der Waals surface area contributed by atoms with Crippen molar-refractivity contribution >= 4 is 29.5 Å². The summed E-state index contributed by atoms with van der Waals surface area (Å²) in [4.78, 5) is 38.9. The summed E-state index contributed by atoms with van der Waals surface area (Å²) in [6.07, 6.45) is 1.28. The Morgan fingerprint density at radius 2 is 2.25 bits per heavy atom. The average molecular weight is 300 g/mol. The third-order valence-corrected chi connectivity index (χ3v) is 4.42. The van der Waals surface area contributed by atoms with Gasteiger partial charge in [-0.15, -0.1) is 11.8 Å². The van der Waals surface area contributed by atoms with Crippen molar-refractivity contribution in [2.75, 3.05) is 31.3 Å². The van der Waals surface area contributed by atoms with Crippen LogP contribution in [0.4, 0.5) is 4.79 Å². The second-order valence-corrected chi connectivity index (χ2v) is 6.07. The van der Waals surface area contributed by atoms with Gasteiger partial charge in [-0.3, -0.25) is 14.5 Å². The third-order valence-electron chi connectivity index (χ3n) is 3.45. The van der Waals surface area contributed by atoms with E-state index in [0.717, 1.165) is 18.6 Å². The molecule has 0 bridgehead atoms. The maximum absolute atomic E-state index is 12.3. The zero-order valence-electron chi connectivity index (χ0n) is 11.7. The van der Waals surface area contributed by atoms with Crippen molar-refractivity contribution in [1.82, 2.24) is 9.80 Å². The Bertz CT molecular complexity index is 396. The second kappa shape index (κ2) is 6.97. The minimum absolute atomic E-state index is 0.0116. The first-order valence-electron chi connectivity index (χ1n) is 6.95. The van der Waals surface area contributed by atoms with Crippen LogP contribution in [-0.4, -0.2) is 65.0 Å². The Morgan fingerprint density at radius 3 is 2.90 bits per heavy atom. The number of rotatable bonds is 4. The van der Waals surface area contributed by atoms with Crippen molar-refractivity contribution < 1.29 is 19.1 Å². The van der Waals surface area contributed by atoms with E-state index in [0.29, 0.717) is 19.0 Å². The lowest BCUT2D eigenvalue weighted by atomic mass is 10.2. The van der Waals surface area contributed by atoms with Crippen LogP contribution in [0.2, 0.25) is 0 Å². The van der Waals surface area contributed by atoms with Gasteiger partial charge in [-0.1, -0.05) is 13.3 Å². The fraction of sp³-hybridized carbons (Fsp3) is 0.769. The summed E-state index contributed by atoms with van der Waals surface area (Å²) < 4.78 is 5.12. The molecule has 6 nitrogen and oxygen atoms in total. The molecule has 2 amide bonds. The quantitative estimate of drug-likeness (QED) is 0.727. The van der Waals surface area contributed by atoms with E-state index in [9.17, 15) is 14.4 Å². The molecule has 7 heteroatoms. The molecule has 0 unspecified atom stereocenters. The normalized spacial score (nSPS) is 22.4. The maximum atomic E-state index is 12.3. The van der Waals surface area contributed by atoms with E-state index in [1.165, 1.54) is 4.90 Å². The van der Waals surface area contributed by atoms with E-state index in [2.05, 4.69) is 0 Å². The molecule has 0 aromatic rings. The van der Waals surface area contributed by atoms with Gasteiger partial charge in [0.2, 0.25) is 5.91 Å². The number of amides is 2. The van der Waals surface area contributed by atoms with Crippen molar-refractivity contribution in [3.05, 3.63) is 0 Å². The summed E-state index contributed by atoms with van der Waals surface area (Å²) >= 11 is 1.68. The fourth-order valence-electron chi connectivity index (χ4n) is 2.29. The Labute approximate surface area is 122 Å². The van der Waals surface area contributed by atoms with Crippen LogP contribution in [-0.2, 0) is 14.3 Å². The first-order chi connectivity index (χ1) is 9.63. The van der Waals surface area contributed by atoms with E-state index in [1.807, 2.05) is 6.92 Å². The number of hydrogen-bond donors (Lipinski definition) is 0. The van der Waals surface area contributed by atoms with Crippen LogP contribution < -0.4 is 0 Å². The van der Waals surface area contributed by atoms with Gasteiger partial charge in [0.1, 0.15) is 6.04 Å². The predicted octanol–water partition coefficient (Wildman–Crippen LogP) is 1.10. The molecular formula is C13H20N2O4S. The number of likely N-dealkylation sites (tertiary alicyclic amines) is 1. The standard InChI is InChI=1S/C13H20N2O4S/c1-2-3-5-19-13(18)15-8-10(16)7-11(15)12(17)14-4-6-20-9-14/h11H,2-9H2,1H3/t11-/m0/s1. The summed E-state index contributed by atoms with van der Waals surface area (Å²) in [5.41, 5.74) is 0. The number of carbonyl (C=O) groups is 3. The number of ketones is 1. The average Bonchev–Trinajstić information content (AvgIpc) is 3.07. The second-order valence-electron chi connectivity index (χ2n) is 4.99. The van der Waals surface area contributed by atoms with Crippen LogP contribution in [0.15, 0.2) is 0 Å². The number of unbranched alkanes of at least 4 members (excludes halogenated alkanes) is 1. The van der Waals surface area contributed by atoms with Gasteiger partial charge < -0.3 is 9.64 Å². The molecule has 2 heterocycles. The third kappa shape index (κ3) is 3.45. The van der Waals surface area contributed by atoms with Crippen molar-refractivity contribution in [3.8, 4) is 0 Å². The van der Waals surface area contributed by atoms with E-state index < -0.39 is 12.1 Å². The molecule has 2 rings (SSSR count). The molecular weight excluding hydrogens is 280 g/mol. The van der Waals surface area contributed by atoms with Gasteiger partial charge in [-0.25, -0.2) is 4.79 Å². The Morgan fingerprint density at radius 1 is 1.45 bits per heavy atom. The van der Waals surface area contributed by atoms with Gasteiger partial charge in [0.25, 0.3) is 0 Å². The highest BCUT2D eigenvalue weighted by Gasteiger charge is 2.41.